The van der Waals surface area contributed by atoms with Crippen LogP contribution in [0.25, 0.3) is 21.6 Å². The van der Waals surface area contributed by atoms with E-state index >= 15 is 0 Å². The van der Waals surface area contributed by atoms with Crippen molar-refractivity contribution in [1.82, 2.24) is 19.7 Å². The van der Waals surface area contributed by atoms with Gasteiger partial charge in [0.05, 0.1) is 16.0 Å². The summed E-state index contributed by atoms with van der Waals surface area (Å²) < 4.78 is 3.06. The van der Waals surface area contributed by atoms with Gasteiger partial charge in [-0.15, -0.1) is 21.5 Å². The zero-order valence-corrected chi connectivity index (χ0v) is 19.2. The summed E-state index contributed by atoms with van der Waals surface area (Å²) in [6.45, 7) is 2.32. The van der Waals surface area contributed by atoms with Gasteiger partial charge in [0.15, 0.2) is 16.1 Å². The number of thiazole rings is 1. The Labute approximate surface area is 186 Å². The molecule has 9 heteroatoms. The van der Waals surface area contributed by atoms with E-state index in [2.05, 4.69) is 32.8 Å². The number of fused-ring (bicyclic) bond motifs is 2. The minimum absolute atomic E-state index is 0.0921. The van der Waals surface area contributed by atoms with Crippen molar-refractivity contribution in [2.45, 2.75) is 31.3 Å². The molecule has 1 aliphatic carbocycles. The van der Waals surface area contributed by atoms with E-state index in [1.165, 1.54) is 45.5 Å². The summed E-state index contributed by atoms with van der Waals surface area (Å²) in [5.74, 6) is 1.81. The molecule has 0 radical (unpaired) electrons. The normalized spacial score (nSPS) is 16.0. The molecule has 154 valence electrons. The Morgan fingerprint density at radius 3 is 3.07 bits per heavy atom. The summed E-state index contributed by atoms with van der Waals surface area (Å²) in [7, 11) is 1.97. The predicted molar refractivity (Wildman–Crippen MR) is 124 cm³/mol. The number of anilines is 1. The van der Waals surface area contributed by atoms with Crippen LogP contribution in [-0.2, 0) is 24.7 Å². The number of benzene rings is 1. The number of nitrogens with one attached hydrogen (secondary N) is 1. The van der Waals surface area contributed by atoms with Crippen LogP contribution in [0.2, 0.25) is 0 Å². The Bertz CT molecular complexity index is 1190. The molecule has 0 spiro atoms. The second-order valence-electron chi connectivity index (χ2n) is 7.59. The van der Waals surface area contributed by atoms with Crippen LogP contribution in [0.4, 0.5) is 5.13 Å². The lowest BCUT2D eigenvalue weighted by atomic mass is 9.88. The standard InChI is InChI=1S/C21H21N5OS3/c1-12-7-8-13-14(10-28-17(13)9-12)19-24-25-21(26(19)2)29-11-18(27)23-20-22-15-5-3-4-6-16(15)30-20/h3-6,10,12H,7-9,11H2,1-2H3,(H,22,23,27). The topological polar surface area (TPSA) is 72.7 Å². The number of hydrogen-bond acceptors (Lipinski definition) is 7. The maximum absolute atomic E-state index is 12.4. The van der Waals surface area contributed by atoms with Crippen LogP contribution in [0.1, 0.15) is 23.8 Å². The molecule has 0 bridgehead atoms. The zero-order chi connectivity index (χ0) is 20.7. The lowest BCUT2D eigenvalue weighted by molar-refractivity contribution is -0.113. The highest BCUT2D eigenvalue weighted by Gasteiger charge is 2.23. The lowest BCUT2D eigenvalue weighted by Crippen LogP contribution is -2.14. The number of thioether (sulfide) groups is 1. The summed E-state index contributed by atoms with van der Waals surface area (Å²) >= 11 is 4.71. The average Bonchev–Trinajstić information content (AvgIpc) is 3.42. The third-order valence-electron chi connectivity index (χ3n) is 5.35. The van der Waals surface area contributed by atoms with Crippen LogP contribution >= 0.6 is 34.4 Å². The number of hydrogen-bond donors (Lipinski definition) is 1. The largest absolute Gasteiger partial charge is 0.305 e. The Morgan fingerprint density at radius 2 is 2.20 bits per heavy atom. The van der Waals surface area contributed by atoms with Crippen molar-refractivity contribution in [1.29, 1.82) is 0 Å². The number of thiophene rings is 1. The van der Waals surface area contributed by atoms with E-state index in [0.717, 1.165) is 40.0 Å². The Kier molecular flexibility index (Phi) is 5.34. The smallest absolute Gasteiger partial charge is 0.236 e. The first kappa shape index (κ1) is 19.7. The number of carbonyl (C=O) groups is 1. The Morgan fingerprint density at radius 1 is 1.33 bits per heavy atom. The van der Waals surface area contributed by atoms with Crippen molar-refractivity contribution in [2.75, 3.05) is 11.1 Å². The molecule has 1 amide bonds. The molecule has 5 rings (SSSR count). The van der Waals surface area contributed by atoms with Gasteiger partial charge in [0.2, 0.25) is 5.91 Å². The van der Waals surface area contributed by atoms with Crippen molar-refractivity contribution in [3.8, 4) is 11.4 Å². The molecule has 0 saturated carbocycles. The van der Waals surface area contributed by atoms with Gasteiger partial charge >= 0.3 is 0 Å². The monoisotopic (exact) mass is 455 g/mol. The molecular weight excluding hydrogens is 434 g/mol. The fourth-order valence-electron chi connectivity index (χ4n) is 3.75. The number of aromatic nitrogens is 4. The number of carbonyl (C=O) groups excluding carboxylic acids is 1. The summed E-state index contributed by atoms with van der Waals surface area (Å²) in [5, 5.41) is 15.2. The zero-order valence-electron chi connectivity index (χ0n) is 16.7. The van der Waals surface area contributed by atoms with Crippen LogP contribution in [0.5, 0.6) is 0 Å². The molecular formula is C21H21N5OS3. The molecule has 0 saturated heterocycles. The van der Waals surface area contributed by atoms with Crippen LogP contribution in [0.3, 0.4) is 0 Å². The van der Waals surface area contributed by atoms with E-state index in [1.807, 2.05) is 47.2 Å². The summed E-state index contributed by atoms with van der Waals surface area (Å²) in [5.41, 5.74) is 3.53. The first-order chi connectivity index (χ1) is 14.6. The summed E-state index contributed by atoms with van der Waals surface area (Å²) in [4.78, 5) is 18.3. The van der Waals surface area contributed by atoms with E-state index in [4.69, 9.17) is 0 Å². The molecule has 0 fully saturated rings. The maximum atomic E-state index is 12.4. The number of rotatable bonds is 5. The number of nitrogens with zero attached hydrogens (tertiary/aromatic N) is 4. The van der Waals surface area contributed by atoms with Crippen LogP contribution in [-0.4, -0.2) is 31.4 Å². The highest BCUT2D eigenvalue weighted by atomic mass is 32.2. The number of para-hydroxylation sites is 1. The van der Waals surface area contributed by atoms with Gasteiger partial charge in [-0.05, 0) is 42.9 Å². The van der Waals surface area contributed by atoms with Crippen molar-refractivity contribution < 1.29 is 4.79 Å². The van der Waals surface area contributed by atoms with Crippen LogP contribution in [0, 0.1) is 5.92 Å². The minimum Gasteiger partial charge on any atom is -0.305 e. The van der Waals surface area contributed by atoms with Crippen molar-refractivity contribution in [3.63, 3.8) is 0 Å². The van der Waals surface area contributed by atoms with Gasteiger partial charge in [0.1, 0.15) is 0 Å². The molecule has 0 aliphatic heterocycles. The molecule has 1 unspecified atom stereocenters. The minimum atomic E-state index is -0.0921. The van der Waals surface area contributed by atoms with Crippen molar-refractivity contribution in [3.05, 3.63) is 40.1 Å². The highest BCUT2D eigenvalue weighted by molar-refractivity contribution is 7.99. The van der Waals surface area contributed by atoms with Crippen molar-refractivity contribution >= 4 is 55.7 Å². The molecule has 3 heterocycles. The van der Waals surface area contributed by atoms with E-state index in [0.29, 0.717) is 5.13 Å². The second-order valence-corrected chi connectivity index (χ2v) is 10.5. The third kappa shape index (κ3) is 3.77. The van der Waals surface area contributed by atoms with Gasteiger partial charge in [-0.3, -0.25) is 4.79 Å². The molecule has 1 N–H and O–H groups in total. The lowest BCUT2D eigenvalue weighted by Gasteiger charge is -2.18. The molecule has 3 aromatic heterocycles. The fourth-order valence-corrected chi connectivity index (χ4v) is 6.59. The van der Waals surface area contributed by atoms with Crippen LogP contribution in [0.15, 0.2) is 34.8 Å². The van der Waals surface area contributed by atoms with E-state index < -0.39 is 0 Å². The van der Waals surface area contributed by atoms with Gasteiger partial charge in [0, 0.05) is 22.9 Å². The van der Waals surface area contributed by atoms with E-state index in [-0.39, 0.29) is 11.7 Å². The first-order valence-electron chi connectivity index (χ1n) is 9.85. The SMILES string of the molecule is CC1CCc2c(-c3nnc(SCC(=O)Nc4nc5ccccc5s4)n3C)csc2C1. The quantitative estimate of drug-likeness (QED) is 0.428. The van der Waals surface area contributed by atoms with Crippen LogP contribution < -0.4 is 5.32 Å². The van der Waals surface area contributed by atoms with Crippen molar-refractivity contribution in [2.24, 2.45) is 13.0 Å². The van der Waals surface area contributed by atoms with E-state index in [9.17, 15) is 4.79 Å². The molecule has 6 nitrogen and oxygen atoms in total. The average molecular weight is 456 g/mol. The Balaban J connectivity index is 1.26. The fraction of sp³-hybridized carbons (Fsp3) is 0.333. The van der Waals surface area contributed by atoms with Gasteiger partial charge in [0.25, 0.3) is 0 Å². The first-order valence-corrected chi connectivity index (χ1v) is 12.5. The van der Waals surface area contributed by atoms with Gasteiger partial charge in [-0.2, -0.15) is 0 Å². The Hall–Kier alpha value is -2.23. The molecule has 30 heavy (non-hydrogen) atoms. The number of amides is 1. The van der Waals surface area contributed by atoms with Gasteiger partial charge in [-0.1, -0.05) is 42.2 Å². The maximum Gasteiger partial charge on any atom is 0.236 e. The molecule has 1 aliphatic rings. The molecule has 1 aromatic carbocycles. The third-order valence-corrected chi connectivity index (χ3v) is 8.37. The summed E-state index contributed by atoms with van der Waals surface area (Å²) in [6.07, 6.45) is 3.49. The van der Waals surface area contributed by atoms with Gasteiger partial charge in [-0.25, -0.2) is 4.98 Å². The summed E-state index contributed by atoms with van der Waals surface area (Å²) in [6, 6.07) is 7.86. The highest BCUT2D eigenvalue weighted by Crippen LogP contribution is 2.38. The second kappa shape index (κ2) is 8.13. The molecule has 1 atom stereocenters. The predicted octanol–water partition coefficient (Wildman–Crippen LogP) is 5.01. The van der Waals surface area contributed by atoms with Gasteiger partial charge < -0.3 is 9.88 Å². The molecule has 4 aromatic rings. The van der Waals surface area contributed by atoms with E-state index in [1.54, 1.807) is 0 Å².